The summed E-state index contributed by atoms with van der Waals surface area (Å²) < 4.78 is 29.9. The number of oxazole rings is 1. The fraction of sp³-hybridized carbons (Fsp3) is 0.444. The van der Waals surface area contributed by atoms with Crippen molar-refractivity contribution >= 4 is 38.5 Å². The van der Waals surface area contributed by atoms with Crippen LogP contribution in [-0.4, -0.2) is 59.6 Å². The molecular weight excluding hydrogens is 400 g/mol. The highest BCUT2D eigenvalue weighted by Gasteiger charge is 2.37. The van der Waals surface area contributed by atoms with Crippen molar-refractivity contribution in [2.75, 3.05) is 18.1 Å². The Labute approximate surface area is 166 Å². The smallest absolute Gasteiger partial charge is 0.408 e. The molecule has 0 radical (unpaired) electrons. The van der Waals surface area contributed by atoms with Gasteiger partial charge in [-0.3, -0.25) is 14.2 Å². The van der Waals surface area contributed by atoms with E-state index in [0.717, 1.165) is 5.01 Å². The van der Waals surface area contributed by atoms with Crippen LogP contribution in [0.5, 0.6) is 0 Å². The molecule has 1 atom stereocenters. The molecular formula is C18H20N4O6S. The fourth-order valence-electron chi connectivity index (χ4n) is 3.60. The molecule has 1 aromatic heterocycles. The molecule has 1 saturated heterocycles. The van der Waals surface area contributed by atoms with Crippen LogP contribution < -0.4 is 11.1 Å². The SMILES string of the molecule is O=C(NCCn1c(=O)oc2ccccc21)C1=NN(C2CCS(=O)(=O)C2)C(=O)CC1. The number of fused-ring (bicyclic) bond motifs is 1. The number of nitrogens with zero attached hydrogens (tertiary/aromatic N) is 3. The Morgan fingerprint density at radius 1 is 1.24 bits per heavy atom. The minimum Gasteiger partial charge on any atom is -0.408 e. The van der Waals surface area contributed by atoms with E-state index in [9.17, 15) is 22.8 Å². The van der Waals surface area contributed by atoms with E-state index in [1.165, 1.54) is 4.57 Å². The number of sulfone groups is 1. The van der Waals surface area contributed by atoms with Crippen molar-refractivity contribution in [1.82, 2.24) is 14.9 Å². The molecule has 0 aliphatic carbocycles. The molecule has 4 rings (SSSR count). The lowest BCUT2D eigenvalue weighted by atomic mass is 10.1. The van der Waals surface area contributed by atoms with Gasteiger partial charge in [-0.15, -0.1) is 0 Å². The summed E-state index contributed by atoms with van der Waals surface area (Å²) in [5.74, 6) is -1.33. The molecule has 10 nitrogen and oxygen atoms in total. The molecule has 1 N–H and O–H groups in total. The average Bonchev–Trinajstić information content (AvgIpc) is 3.21. The summed E-state index contributed by atoms with van der Waals surface area (Å²) in [5, 5.41) is 7.98. The second-order valence-electron chi connectivity index (χ2n) is 7.09. The lowest BCUT2D eigenvalue weighted by Gasteiger charge is -2.27. The van der Waals surface area contributed by atoms with E-state index < -0.39 is 27.5 Å². The van der Waals surface area contributed by atoms with Gasteiger partial charge in [-0.25, -0.2) is 18.2 Å². The summed E-state index contributed by atoms with van der Waals surface area (Å²) in [4.78, 5) is 36.6. The molecule has 154 valence electrons. The highest BCUT2D eigenvalue weighted by molar-refractivity contribution is 7.91. The number of para-hydroxylation sites is 2. The molecule has 0 spiro atoms. The number of carbonyl (C=O) groups is 2. The number of hydrogen-bond acceptors (Lipinski definition) is 7. The predicted molar refractivity (Wildman–Crippen MR) is 104 cm³/mol. The standard InChI is InChI=1S/C18H20N4O6S/c23-16-6-5-13(20-22(16)12-7-10-29(26,27)11-12)17(24)19-8-9-21-14-3-1-2-4-15(14)28-18(21)25/h1-4,12H,5-11H2,(H,19,24). The molecule has 11 heteroatoms. The number of hydrazone groups is 1. The van der Waals surface area contributed by atoms with Crippen LogP contribution >= 0.6 is 0 Å². The van der Waals surface area contributed by atoms with Gasteiger partial charge in [-0.2, -0.15) is 5.10 Å². The lowest BCUT2D eigenvalue weighted by Crippen LogP contribution is -2.44. The van der Waals surface area contributed by atoms with Crippen LogP contribution in [0.15, 0.2) is 38.6 Å². The van der Waals surface area contributed by atoms with Crippen LogP contribution in [0.2, 0.25) is 0 Å². The van der Waals surface area contributed by atoms with Crippen LogP contribution in [0.3, 0.4) is 0 Å². The predicted octanol–water partition coefficient (Wildman–Crippen LogP) is -0.124. The molecule has 2 amide bonds. The molecule has 2 aliphatic heterocycles. The summed E-state index contributed by atoms with van der Waals surface area (Å²) in [6.07, 6.45) is 0.618. The first-order valence-electron chi connectivity index (χ1n) is 9.30. The van der Waals surface area contributed by atoms with Crippen molar-refractivity contribution in [3.05, 3.63) is 34.8 Å². The van der Waals surface area contributed by atoms with Gasteiger partial charge in [0.1, 0.15) is 5.71 Å². The van der Waals surface area contributed by atoms with Crippen molar-refractivity contribution < 1.29 is 22.4 Å². The first-order chi connectivity index (χ1) is 13.8. The fourth-order valence-corrected chi connectivity index (χ4v) is 5.29. The summed E-state index contributed by atoms with van der Waals surface area (Å²) in [6.45, 7) is 0.394. The third kappa shape index (κ3) is 3.95. The number of nitrogens with one attached hydrogen (secondary N) is 1. The molecule has 1 fully saturated rings. The topological polar surface area (TPSA) is 131 Å². The molecule has 2 aliphatic rings. The highest BCUT2D eigenvalue weighted by Crippen LogP contribution is 2.22. The maximum Gasteiger partial charge on any atom is 0.420 e. The summed E-state index contributed by atoms with van der Waals surface area (Å²) in [5.41, 5.74) is 1.29. The molecule has 2 aromatic rings. The summed E-state index contributed by atoms with van der Waals surface area (Å²) in [7, 11) is -3.17. The van der Waals surface area contributed by atoms with Crippen LogP contribution in [-0.2, 0) is 26.0 Å². The van der Waals surface area contributed by atoms with E-state index in [4.69, 9.17) is 4.42 Å². The van der Waals surface area contributed by atoms with Crippen LogP contribution in [0.4, 0.5) is 0 Å². The Morgan fingerprint density at radius 3 is 2.79 bits per heavy atom. The maximum atomic E-state index is 12.5. The van der Waals surface area contributed by atoms with Gasteiger partial charge in [-0.1, -0.05) is 12.1 Å². The maximum absolute atomic E-state index is 12.5. The van der Waals surface area contributed by atoms with E-state index in [1.807, 2.05) is 0 Å². The number of benzene rings is 1. The van der Waals surface area contributed by atoms with Crippen molar-refractivity contribution in [2.24, 2.45) is 5.10 Å². The van der Waals surface area contributed by atoms with Gasteiger partial charge in [0, 0.05) is 25.9 Å². The first kappa shape index (κ1) is 19.4. The summed E-state index contributed by atoms with van der Waals surface area (Å²) >= 11 is 0. The number of amides is 2. The largest absolute Gasteiger partial charge is 0.420 e. The van der Waals surface area contributed by atoms with Gasteiger partial charge >= 0.3 is 5.76 Å². The molecule has 1 aromatic carbocycles. The molecule has 3 heterocycles. The van der Waals surface area contributed by atoms with Crippen LogP contribution in [0.25, 0.3) is 11.1 Å². The Kier molecular flexibility index (Phi) is 4.99. The van der Waals surface area contributed by atoms with Crippen LogP contribution in [0, 0.1) is 0 Å². The minimum atomic E-state index is -3.17. The Morgan fingerprint density at radius 2 is 2.03 bits per heavy atom. The number of rotatable bonds is 5. The van der Waals surface area contributed by atoms with Crippen molar-refractivity contribution in [3.63, 3.8) is 0 Å². The van der Waals surface area contributed by atoms with E-state index in [0.29, 0.717) is 17.5 Å². The second-order valence-corrected chi connectivity index (χ2v) is 9.31. The van der Waals surface area contributed by atoms with Crippen molar-refractivity contribution in [1.29, 1.82) is 0 Å². The Bertz CT molecular complexity index is 1160. The van der Waals surface area contributed by atoms with Gasteiger partial charge in [-0.05, 0) is 18.6 Å². The molecule has 0 bridgehead atoms. The average molecular weight is 420 g/mol. The lowest BCUT2D eigenvalue weighted by molar-refractivity contribution is -0.133. The number of aromatic nitrogens is 1. The van der Waals surface area contributed by atoms with Gasteiger partial charge in [0.25, 0.3) is 5.91 Å². The zero-order valence-electron chi connectivity index (χ0n) is 15.5. The van der Waals surface area contributed by atoms with Gasteiger partial charge in [0.15, 0.2) is 15.4 Å². The molecule has 29 heavy (non-hydrogen) atoms. The molecule has 0 saturated carbocycles. The minimum absolute atomic E-state index is 0.0197. The monoisotopic (exact) mass is 420 g/mol. The van der Waals surface area contributed by atoms with Crippen LogP contribution in [0.1, 0.15) is 19.3 Å². The molecule has 1 unspecified atom stereocenters. The van der Waals surface area contributed by atoms with E-state index in [1.54, 1.807) is 24.3 Å². The normalized spacial score (nSPS) is 21.4. The Balaban J connectivity index is 1.41. The third-order valence-electron chi connectivity index (χ3n) is 5.07. The van der Waals surface area contributed by atoms with E-state index in [-0.39, 0.29) is 49.1 Å². The first-order valence-corrected chi connectivity index (χ1v) is 11.1. The second kappa shape index (κ2) is 7.47. The number of carbonyl (C=O) groups excluding carboxylic acids is 2. The van der Waals surface area contributed by atoms with E-state index in [2.05, 4.69) is 10.4 Å². The Hall–Kier alpha value is -2.95. The zero-order chi connectivity index (χ0) is 20.6. The summed E-state index contributed by atoms with van der Waals surface area (Å²) in [6, 6.07) is 6.48. The highest BCUT2D eigenvalue weighted by atomic mass is 32.2. The van der Waals surface area contributed by atoms with Gasteiger partial charge < -0.3 is 9.73 Å². The number of hydrogen-bond donors (Lipinski definition) is 1. The van der Waals surface area contributed by atoms with Crippen molar-refractivity contribution in [2.45, 2.75) is 31.8 Å². The quantitative estimate of drug-likeness (QED) is 0.717. The van der Waals surface area contributed by atoms with Gasteiger partial charge in [0.2, 0.25) is 5.91 Å². The zero-order valence-corrected chi connectivity index (χ0v) is 16.4. The van der Waals surface area contributed by atoms with E-state index >= 15 is 0 Å². The van der Waals surface area contributed by atoms with Crippen molar-refractivity contribution in [3.8, 4) is 0 Å². The third-order valence-corrected chi connectivity index (χ3v) is 6.82. The van der Waals surface area contributed by atoms with Gasteiger partial charge in [0.05, 0.1) is 23.1 Å².